The lowest BCUT2D eigenvalue weighted by Gasteiger charge is -2.26. The van der Waals surface area contributed by atoms with Gasteiger partial charge in [0, 0.05) is 19.0 Å². The van der Waals surface area contributed by atoms with E-state index in [0.717, 1.165) is 35.2 Å². The average molecular weight is 478 g/mol. The second kappa shape index (κ2) is 9.41. The number of H-pyrrole nitrogens is 1. The van der Waals surface area contributed by atoms with Gasteiger partial charge in [-0.05, 0) is 87.2 Å². The number of aromatic amines is 1. The predicted molar refractivity (Wildman–Crippen MR) is 137 cm³/mol. The predicted octanol–water partition coefficient (Wildman–Crippen LogP) is 4.94. The second-order valence-electron chi connectivity index (χ2n) is 9.90. The number of aromatic nitrogens is 4. The van der Waals surface area contributed by atoms with Gasteiger partial charge in [0.25, 0.3) is 0 Å². The Bertz CT molecular complexity index is 1400. The minimum absolute atomic E-state index is 0.264. The number of aryl methyl sites for hydroxylation is 1. The molecule has 0 unspecified atom stereocenters. The third kappa shape index (κ3) is 4.80. The van der Waals surface area contributed by atoms with Crippen molar-refractivity contribution in [2.75, 3.05) is 26.2 Å². The summed E-state index contributed by atoms with van der Waals surface area (Å²) in [5.74, 6) is 0.801. The minimum atomic E-state index is -1.59. The van der Waals surface area contributed by atoms with Gasteiger partial charge in [-0.25, -0.2) is 9.18 Å². The largest absolute Gasteiger partial charge is 0.494 e. The molecule has 4 aromatic rings. The molecule has 35 heavy (non-hydrogen) atoms. The van der Waals surface area contributed by atoms with E-state index in [2.05, 4.69) is 20.1 Å². The highest BCUT2D eigenvalue weighted by Gasteiger charge is 2.25. The molecule has 8 heteroatoms. The molecule has 2 aromatic carbocycles. The van der Waals surface area contributed by atoms with Crippen LogP contribution in [0.3, 0.4) is 0 Å². The number of fused-ring (bicyclic) bond motifs is 3. The Balaban J connectivity index is 1.42. The molecule has 1 fully saturated rings. The lowest BCUT2D eigenvalue weighted by atomic mass is 9.89. The summed E-state index contributed by atoms with van der Waals surface area (Å²) in [6.45, 7) is 7.21. The van der Waals surface area contributed by atoms with Gasteiger partial charge in [-0.2, -0.15) is 0 Å². The molecule has 1 aliphatic heterocycles. The summed E-state index contributed by atoms with van der Waals surface area (Å²) in [5, 5.41) is 9.16. The summed E-state index contributed by atoms with van der Waals surface area (Å²) in [4.78, 5) is 17.5. The van der Waals surface area contributed by atoms with Gasteiger partial charge in [-0.15, -0.1) is 10.2 Å². The first-order chi connectivity index (χ1) is 16.8. The highest BCUT2D eigenvalue weighted by Crippen LogP contribution is 2.38. The van der Waals surface area contributed by atoms with Crippen LogP contribution in [0.15, 0.2) is 41.2 Å². The molecule has 5 rings (SSSR count). The van der Waals surface area contributed by atoms with E-state index in [0.29, 0.717) is 28.9 Å². The summed E-state index contributed by atoms with van der Waals surface area (Å²) in [5.41, 5.74) is 1.89. The van der Waals surface area contributed by atoms with Gasteiger partial charge in [-0.3, -0.25) is 4.57 Å². The average Bonchev–Trinajstić information content (AvgIpc) is 3.15. The Morgan fingerprint density at radius 3 is 2.54 bits per heavy atom. The maximum atomic E-state index is 15.3. The molecule has 0 spiro atoms. The number of nitrogens with one attached hydrogen (secondary N) is 1. The second-order valence-corrected chi connectivity index (χ2v) is 9.90. The zero-order valence-corrected chi connectivity index (χ0v) is 20.6. The topological polar surface area (TPSA) is 76.0 Å². The molecular formula is C27H32FN5O2. The SMILES string of the molecule is Cn1c(=O)[nH]c2c3cc(-c4ccc(OCCCN5CCCCC5)cc4)c(C(C)(C)F)cc3nnc21. The first-order valence-corrected chi connectivity index (χ1v) is 12.4. The molecule has 0 bridgehead atoms. The molecule has 0 saturated carbocycles. The van der Waals surface area contributed by atoms with E-state index in [1.54, 1.807) is 13.1 Å². The number of imidazole rings is 1. The number of ether oxygens (including phenoxy) is 1. The number of rotatable bonds is 7. The zero-order valence-electron chi connectivity index (χ0n) is 20.6. The maximum Gasteiger partial charge on any atom is 0.327 e. The Labute approximate surface area is 203 Å². The fraction of sp³-hybridized carbons (Fsp3) is 0.444. The number of benzene rings is 2. The highest BCUT2D eigenvalue weighted by molar-refractivity contribution is 6.02. The molecule has 1 aliphatic rings. The van der Waals surface area contributed by atoms with E-state index in [-0.39, 0.29) is 5.69 Å². The van der Waals surface area contributed by atoms with Crippen LogP contribution < -0.4 is 10.4 Å². The van der Waals surface area contributed by atoms with E-state index < -0.39 is 5.67 Å². The molecule has 0 aliphatic carbocycles. The summed E-state index contributed by atoms with van der Waals surface area (Å²) < 4.78 is 22.7. The number of piperidine rings is 1. The van der Waals surface area contributed by atoms with Crippen molar-refractivity contribution in [3.8, 4) is 16.9 Å². The van der Waals surface area contributed by atoms with Crippen molar-refractivity contribution in [3.05, 3.63) is 52.4 Å². The van der Waals surface area contributed by atoms with Gasteiger partial charge in [0.05, 0.1) is 17.6 Å². The molecular weight excluding hydrogens is 445 g/mol. The molecule has 2 aromatic heterocycles. The van der Waals surface area contributed by atoms with Crippen molar-refractivity contribution in [1.29, 1.82) is 0 Å². The summed E-state index contributed by atoms with van der Waals surface area (Å²) in [6, 6.07) is 11.4. The van der Waals surface area contributed by atoms with Gasteiger partial charge in [0.1, 0.15) is 11.4 Å². The monoisotopic (exact) mass is 477 g/mol. The number of hydrogen-bond donors (Lipinski definition) is 1. The molecule has 184 valence electrons. The zero-order chi connectivity index (χ0) is 24.6. The lowest BCUT2D eigenvalue weighted by Crippen LogP contribution is -2.31. The smallest absolute Gasteiger partial charge is 0.327 e. The number of nitrogens with zero attached hydrogens (tertiary/aromatic N) is 4. The van der Waals surface area contributed by atoms with Gasteiger partial charge in [0.15, 0.2) is 5.65 Å². The van der Waals surface area contributed by atoms with Gasteiger partial charge in [-0.1, -0.05) is 18.6 Å². The van der Waals surface area contributed by atoms with Gasteiger partial charge >= 0.3 is 5.69 Å². The maximum absolute atomic E-state index is 15.3. The van der Waals surface area contributed by atoms with Crippen LogP contribution in [0.1, 0.15) is 45.1 Å². The van der Waals surface area contributed by atoms with Crippen LogP contribution in [0.25, 0.3) is 33.2 Å². The van der Waals surface area contributed by atoms with E-state index >= 15 is 4.39 Å². The van der Waals surface area contributed by atoms with Gasteiger partial charge in [0.2, 0.25) is 0 Å². The molecule has 0 amide bonds. The molecule has 0 radical (unpaired) electrons. The molecule has 1 saturated heterocycles. The van der Waals surface area contributed by atoms with Crippen LogP contribution in [0.4, 0.5) is 4.39 Å². The quantitative estimate of drug-likeness (QED) is 0.382. The van der Waals surface area contributed by atoms with Crippen LogP contribution in [0, 0.1) is 0 Å². The number of halogens is 1. The lowest BCUT2D eigenvalue weighted by molar-refractivity contribution is 0.205. The fourth-order valence-electron chi connectivity index (χ4n) is 4.91. The Morgan fingerprint density at radius 1 is 1.09 bits per heavy atom. The minimum Gasteiger partial charge on any atom is -0.494 e. The Hall–Kier alpha value is -3.26. The van der Waals surface area contributed by atoms with Crippen LogP contribution >= 0.6 is 0 Å². The van der Waals surface area contributed by atoms with Crippen molar-refractivity contribution in [2.24, 2.45) is 7.05 Å². The number of hydrogen-bond acceptors (Lipinski definition) is 5. The molecule has 7 nitrogen and oxygen atoms in total. The first kappa shape index (κ1) is 23.5. The third-order valence-corrected chi connectivity index (χ3v) is 6.88. The standard InChI is InChI=1S/C27H32FN5O2/c1-27(2,28)22-17-23-21(24-25(31-30-23)32(3)26(34)29-24)16-20(22)18-8-10-19(11-9-18)35-15-7-14-33-12-5-4-6-13-33/h8-11,16-17H,4-7,12-15H2,1-3H3,(H,29,34). The van der Waals surface area contributed by atoms with Crippen molar-refractivity contribution in [1.82, 2.24) is 24.6 Å². The Kier molecular flexibility index (Phi) is 6.32. The van der Waals surface area contributed by atoms with Crippen molar-refractivity contribution in [3.63, 3.8) is 0 Å². The third-order valence-electron chi connectivity index (χ3n) is 6.88. The van der Waals surface area contributed by atoms with Crippen molar-refractivity contribution >= 4 is 22.1 Å². The van der Waals surface area contributed by atoms with Crippen LogP contribution in [0.2, 0.25) is 0 Å². The van der Waals surface area contributed by atoms with E-state index in [9.17, 15) is 4.79 Å². The molecule has 0 atom stereocenters. The first-order valence-electron chi connectivity index (χ1n) is 12.4. The van der Waals surface area contributed by atoms with E-state index in [1.165, 1.54) is 50.8 Å². The summed E-state index contributed by atoms with van der Waals surface area (Å²) in [7, 11) is 1.65. The van der Waals surface area contributed by atoms with E-state index in [4.69, 9.17) is 4.74 Å². The van der Waals surface area contributed by atoms with Crippen molar-refractivity contribution < 1.29 is 9.13 Å². The van der Waals surface area contributed by atoms with Crippen LogP contribution in [0.5, 0.6) is 5.75 Å². The number of likely N-dealkylation sites (tertiary alicyclic amines) is 1. The van der Waals surface area contributed by atoms with Crippen molar-refractivity contribution in [2.45, 2.75) is 45.2 Å². The summed E-state index contributed by atoms with van der Waals surface area (Å²) >= 11 is 0. The summed E-state index contributed by atoms with van der Waals surface area (Å²) in [6.07, 6.45) is 4.94. The molecule has 3 heterocycles. The molecule has 1 N–H and O–H groups in total. The van der Waals surface area contributed by atoms with E-state index in [1.807, 2.05) is 30.3 Å². The normalized spacial score (nSPS) is 15.2. The van der Waals surface area contributed by atoms with Crippen LogP contribution in [-0.4, -0.2) is 50.9 Å². The van der Waals surface area contributed by atoms with Gasteiger partial charge < -0.3 is 14.6 Å². The fourth-order valence-corrected chi connectivity index (χ4v) is 4.91. The highest BCUT2D eigenvalue weighted by atomic mass is 19.1. The Morgan fingerprint density at radius 2 is 1.83 bits per heavy atom. The van der Waals surface area contributed by atoms with Crippen LogP contribution in [-0.2, 0) is 12.7 Å². The number of alkyl halides is 1.